The normalized spacial score (nSPS) is 13.5. The van der Waals surface area contributed by atoms with Crippen LogP contribution >= 0.6 is 0 Å². The van der Waals surface area contributed by atoms with Gasteiger partial charge in [0.2, 0.25) is 0 Å². The van der Waals surface area contributed by atoms with Crippen LogP contribution in [0.4, 0.5) is 5.82 Å². The molecule has 1 saturated carbocycles. The van der Waals surface area contributed by atoms with Crippen LogP contribution in [0.15, 0.2) is 24.3 Å². The van der Waals surface area contributed by atoms with E-state index in [4.69, 9.17) is 0 Å². The van der Waals surface area contributed by atoms with Crippen molar-refractivity contribution in [1.29, 1.82) is 0 Å². The highest BCUT2D eigenvalue weighted by Crippen LogP contribution is 2.25. The van der Waals surface area contributed by atoms with Crippen LogP contribution in [0.3, 0.4) is 0 Å². The van der Waals surface area contributed by atoms with Crippen molar-refractivity contribution in [2.75, 3.05) is 33.1 Å². The zero-order valence-electron chi connectivity index (χ0n) is 17.8. The van der Waals surface area contributed by atoms with Gasteiger partial charge in [-0.2, -0.15) is 0 Å². The van der Waals surface area contributed by atoms with Gasteiger partial charge in [0.25, 0.3) is 0 Å². The van der Waals surface area contributed by atoms with Gasteiger partial charge in [-0.25, -0.2) is 9.97 Å². The number of anilines is 1. The van der Waals surface area contributed by atoms with Crippen LogP contribution in [0, 0.1) is 5.92 Å². The van der Waals surface area contributed by atoms with E-state index < -0.39 is 0 Å². The van der Waals surface area contributed by atoms with Crippen molar-refractivity contribution in [1.82, 2.24) is 15.3 Å². The van der Waals surface area contributed by atoms with Crippen LogP contribution in [0.25, 0.3) is 10.9 Å². The van der Waals surface area contributed by atoms with Gasteiger partial charge in [-0.15, -0.1) is 0 Å². The maximum absolute atomic E-state index is 10.4. The van der Waals surface area contributed by atoms with Crippen molar-refractivity contribution in [2.45, 2.75) is 45.1 Å². The molecule has 1 aliphatic carbocycles. The zero-order chi connectivity index (χ0) is 21.3. The average molecular weight is 403 g/mol. The molecule has 0 radical (unpaired) electrons. The first-order chi connectivity index (χ1) is 14.2. The molecule has 1 aromatic carbocycles. The number of hydrogen-bond donors (Lipinski definition) is 2. The lowest BCUT2D eigenvalue weighted by Crippen LogP contribution is -2.12. The van der Waals surface area contributed by atoms with Gasteiger partial charge in [-0.3, -0.25) is 0 Å². The molecule has 1 aliphatic rings. The quantitative estimate of drug-likeness (QED) is 0.686. The first-order valence-electron chi connectivity index (χ1n) is 10.1. The third kappa shape index (κ3) is 9.58. The molecular weight excluding hydrogens is 368 g/mol. The fourth-order valence-electron chi connectivity index (χ4n) is 3.19. The summed E-state index contributed by atoms with van der Waals surface area (Å²) in [5.74, 6) is 2.14. The van der Waals surface area contributed by atoms with Crippen LogP contribution in [0.2, 0.25) is 0 Å². The number of nitrogens with zero attached hydrogens (tertiary/aromatic N) is 2. The predicted molar refractivity (Wildman–Crippen MR) is 117 cm³/mol. The van der Waals surface area contributed by atoms with Gasteiger partial charge in [-0.1, -0.05) is 44.2 Å². The van der Waals surface area contributed by atoms with E-state index in [2.05, 4.69) is 25.3 Å². The number of methoxy groups -OCH3 is 1. The number of aromatic nitrogens is 2. The largest absolute Gasteiger partial charge is 0.388 e. The highest BCUT2D eigenvalue weighted by molar-refractivity contribution is 5.89. The Labute approximate surface area is 173 Å². The molecule has 0 spiro atoms. The Morgan fingerprint density at radius 3 is 2.38 bits per heavy atom. The maximum Gasteiger partial charge on any atom is 0.145 e. The van der Waals surface area contributed by atoms with Gasteiger partial charge in [-0.05, 0) is 25.1 Å². The third-order valence-electron chi connectivity index (χ3n) is 4.49. The molecular formula is C22H34N4O3. The number of rotatable bonds is 7. The standard InChI is InChI=1S/C12H14N4O.C8H14O.C2H6O/c1-13-8-11-15-10-5-3-2-4-9(10)12(16-11)14-6-7-17;9-7-6-8-4-2-1-3-5-8;1-3-2/h2-5,7,13H,6,8H2,1H3,(H,14,15,16);7-8H,1-6H2;1-2H3. The van der Waals surface area contributed by atoms with Crippen molar-refractivity contribution in [3.8, 4) is 0 Å². The number of para-hydroxylation sites is 1. The summed E-state index contributed by atoms with van der Waals surface area (Å²) in [5.41, 5.74) is 0.876. The highest BCUT2D eigenvalue weighted by atomic mass is 16.4. The van der Waals surface area contributed by atoms with E-state index in [1.165, 1.54) is 32.1 Å². The summed E-state index contributed by atoms with van der Waals surface area (Å²) in [4.78, 5) is 29.3. The van der Waals surface area contributed by atoms with E-state index in [0.717, 1.165) is 35.8 Å². The Morgan fingerprint density at radius 2 is 1.76 bits per heavy atom. The maximum atomic E-state index is 10.4. The van der Waals surface area contributed by atoms with Crippen LogP contribution in [-0.2, 0) is 20.9 Å². The molecule has 0 unspecified atom stereocenters. The van der Waals surface area contributed by atoms with Crippen molar-refractivity contribution >= 4 is 29.3 Å². The molecule has 3 rings (SSSR count). The second kappa shape index (κ2) is 15.5. The van der Waals surface area contributed by atoms with E-state index in [9.17, 15) is 9.59 Å². The van der Waals surface area contributed by atoms with E-state index >= 15 is 0 Å². The first-order valence-corrected chi connectivity index (χ1v) is 10.1. The van der Waals surface area contributed by atoms with Crippen LogP contribution in [0.1, 0.15) is 44.3 Å². The summed E-state index contributed by atoms with van der Waals surface area (Å²) in [6.07, 6.45) is 9.34. The number of benzene rings is 1. The fraction of sp³-hybridized carbons (Fsp3) is 0.545. The molecule has 7 nitrogen and oxygen atoms in total. The van der Waals surface area contributed by atoms with Gasteiger partial charge < -0.3 is 25.0 Å². The van der Waals surface area contributed by atoms with Crippen molar-refractivity contribution in [3.63, 3.8) is 0 Å². The van der Waals surface area contributed by atoms with Gasteiger partial charge in [0, 0.05) is 26.0 Å². The zero-order valence-corrected chi connectivity index (χ0v) is 17.8. The number of carbonyl (C=O) groups is 2. The minimum atomic E-state index is 0.250. The molecule has 160 valence electrons. The average Bonchev–Trinajstić information content (AvgIpc) is 2.74. The number of fused-ring (bicyclic) bond motifs is 1. The molecule has 1 heterocycles. The van der Waals surface area contributed by atoms with Crippen molar-refractivity contribution in [2.24, 2.45) is 5.92 Å². The monoisotopic (exact) mass is 402 g/mol. The molecule has 7 heteroatoms. The minimum Gasteiger partial charge on any atom is -0.388 e. The lowest BCUT2D eigenvalue weighted by Gasteiger charge is -2.18. The molecule has 0 saturated heterocycles. The van der Waals surface area contributed by atoms with Crippen LogP contribution < -0.4 is 10.6 Å². The fourth-order valence-corrected chi connectivity index (χ4v) is 3.19. The second-order valence-electron chi connectivity index (χ2n) is 6.90. The van der Waals surface area contributed by atoms with E-state index in [1.54, 1.807) is 14.2 Å². The summed E-state index contributed by atoms with van der Waals surface area (Å²) in [5, 5.41) is 6.92. The lowest BCUT2D eigenvalue weighted by molar-refractivity contribution is -0.109. The second-order valence-corrected chi connectivity index (χ2v) is 6.90. The van der Waals surface area contributed by atoms with Crippen LogP contribution in [-0.4, -0.2) is 50.4 Å². The first kappa shape index (κ1) is 24.7. The molecule has 2 aromatic rings. The van der Waals surface area contributed by atoms with Gasteiger partial charge in [0.05, 0.1) is 18.6 Å². The Hall–Kier alpha value is -2.38. The Morgan fingerprint density at radius 1 is 1.07 bits per heavy atom. The summed E-state index contributed by atoms with van der Waals surface area (Å²) in [6, 6.07) is 7.73. The molecule has 0 amide bonds. The van der Waals surface area contributed by atoms with E-state index in [-0.39, 0.29) is 6.54 Å². The molecule has 0 aliphatic heterocycles. The molecule has 1 aromatic heterocycles. The van der Waals surface area contributed by atoms with Gasteiger partial charge in [0.15, 0.2) is 0 Å². The third-order valence-corrected chi connectivity index (χ3v) is 4.49. The van der Waals surface area contributed by atoms with Gasteiger partial charge >= 0.3 is 0 Å². The molecule has 0 atom stereocenters. The lowest BCUT2D eigenvalue weighted by atomic mass is 9.87. The SMILES string of the molecule is CNCc1nc(NCC=O)c2ccccc2n1.COC.O=CCC1CCCCC1. The summed E-state index contributed by atoms with van der Waals surface area (Å²) < 4.78 is 4.25. The molecule has 0 bridgehead atoms. The van der Waals surface area contributed by atoms with Crippen LogP contribution in [0.5, 0.6) is 0 Å². The number of ether oxygens (including phenoxy) is 1. The minimum absolute atomic E-state index is 0.250. The highest BCUT2D eigenvalue weighted by Gasteiger charge is 2.11. The number of carbonyl (C=O) groups excluding carboxylic acids is 2. The smallest absolute Gasteiger partial charge is 0.145 e. The Kier molecular flexibility index (Phi) is 13.2. The number of hydrogen-bond acceptors (Lipinski definition) is 7. The predicted octanol–water partition coefficient (Wildman–Crippen LogP) is 3.38. The number of aldehydes is 2. The molecule has 29 heavy (non-hydrogen) atoms. The molecule has 1 fully saturated rings. The van der Waals surface area contributed by atoms with Crippen molar-refractivity contribution < 1.29 is 14.3 Å². The summed E-state index contributed by atoms with van der Waals surface area (Å²) in [6.45, 7) is 0.848. The van der Waals surface area contributed by atoms with Gasteiger partial charge in [0.1, 0.15) is 24.2 Å². The summed E-state index contributed by atoms with van der Waals surface area (Å²) in [7, 11) is 5.09. The Bertz CT molecular complexity index is 718. The Balaban J connectivity index is 0.000000294. The van der Waals surface area contributed by atoms with Crippen molar-refractivity contribution in [3.05, 3.63) is 30.1 Å². The summed E-state index contributed by atoms with van der Waals surface area (Å²) >= 11 is 0. The van der Waals surface area contributed by atoms with E-state index in [1.807, 2.05) is 31.3 Å². The number of nitrogens with one attached hydrogen (secondary N) is 2. The van der Waals surface area contributed by atoms with E-state index in [0.29, 0.717) is 18.2 Å². The topological polar surface area (TPSA) is 93.2 Å². The molecule has 2 N–H and O–H groups in total.